The van der Waals surface area contributed by atoms with Gasteiger partial charge < -0.3 is 15.0 Å². The largest absolute Gasteiger partial charge is 0.374 e. The Morgan fingerprint density at radius 1 is 1.59 bits per heavy atom. The summed E-state index contributed by atoms with van der Waals surface area (Å²) < 4.78 is 5.69. The van der Waals surface area contributed by atoms with Crippen molar-refractivity contribution in [2.24, 2.45) is 0 Å². The lowest BCUT2D eigenvalue weighted by Crippen LogP contribution is -2.45. The number of hydrogen-bond donors (Lipinski definition) is 1. The van der Waals surface area contributed by atoms with Crippen LogP contribution in [0, 0.1) is 0 Å². The van der Waals surface area contributed by atoms with Gasteiger partial charge in [0.05, 0.1) is 18.4 Å². The van der Waals surface area contributed by atoms with Gasteiger partial charge in [0.25, 0.3) is 0 Å². The molecule has 1 aromatic rings. The number of likely N-dealkylation sites (N-methyl/N-ethyl adjacent to an activating group) is 1. The van der Waals surface area contributed by atoms with Gasteiger partial charge in [-0.15, -0.1) is 0 Å². The molecule has 2 atom stereocenters. The van der Waals surface area contributed by atoms with Crippen LogP contribution in [0.15, 0.2) is 18.6 Å². The Kier molecular flexibility index (Phi) is 4.42. The summed E-state index contributed by atoms with van der Waals surface area (Å²) in [7, 11) is 2.13. The lowest BCUT2D eigenvalue weighted by atomic mass is 10.2. The maximum absolute atomic E-state index is 5.69. The fourth-order valence-corrected chi connectivity index (χ4v) is 1.94. The summed E-state index contributed by atoms with van der Waals surface area (Å²) >= 11 is 0. The molecule has 1 N–H and O–H groups in total. The molecule has 0 saturated carbocycles. The van der Waals surface area contributed by atoms with Crippen molar-refractivity contribution in [3.8, 4) is 0 Å². The van der Waals surface area contributed by atoms with Crippen molar-refractivity contribution in [2.75, 3.05) is 33.3 Å². The summed E-state index contributed by atoms with van der Waals surface area (Å²) in [6.45, 7) is 5.78. The van der Waals surface area contributed by atoms with Gasteiger partial charge in [0.1, 0.15) is 0 Å². The van der Waals surface area contributed by atoms with E-state index in [-0.39, 0.29) is 12.1 Å². The van der Waals surface area contributed by atoms with E-state index in [4.69, 9.17) is 4.74 Å². The van der Waals surface area contributed by atoms with E-state index in [1.54, 1.807) is 18.6 Å². The van der Waals surface area contributed by atoms with Crippen LogP contribution in [0.4, 0.5) is 0 Å². The molecule has 5 heteroatoms. The molecule has 2 heterocycles. The SMILES string of the molecule is CC(NCC1CN(C)CCO1)c1cnccn1. The lowest BCUT2D eigenvalue weighted by Gasteiger charge is -2.30. The highest BCUT2D eigenvalue weighted by Crippen LogP contribution is 2.08. The number of nitrogens with zero attached hydrogens (tertiary/aromatic N) is 3. The quantitative estimate of drug-likeness (QED) is 0.823. The maximum atomic E-state index is 5.69. The van der Waals surface area contributed by atoms with E-state index in [1.165, 1.54) is 0 Å². The second-order valence-corrected chi connectivity index (χ2v) is 4.52. The molecule has 5 nitrogen and oxygen atoms in total. The Labute approximate surface area is 102 Å². The highest BCUT2D eigenvalue weighted by atomic mass is 16.5. The number of morpholine rings is 1. The zero-order valence-corrected chi connectivity index (χ0v) is 10.5. The average molecular weight is 236 g/mol. The third-order valence-electron chi connectivity index (χ3n) is 3.02. The topological polar surface area (TPSA) is 50.3 Å². The minimum atomic E-state index is 0.208. The molecular formula is C12H20N4O. The smallest absolute Gasteiger partial charge is 0.0826 e. The normalized spacial score (nSPS) is 23.5. The first-order valence-electron chi connectivity index (χ1n) is 6.05. The monoisotopic (exact) mass is 236 g/mol. The summed E-state index contributed by atoms with van der Waals surface area (Å²) in [5.41, 5.74) is 0.969. The minimum Gasteiger partial charge on any atom is -0.374 e. The highest BCUT2D eigenvalue weighted by molar-refractivity contribution is 5.00. The molecule has 0 aromatic carbocycles. The summed E-state index contributed by atoms with van der Waals surface area (Å²) in [5.74, 6) is 0. The van der Waals surface area contributed by atoms with Crippen LogP contribution in [0.2, 0.25) is 0 Å². The van der Waals surface area contributed by atoms with Gasteiger partial charge in [-0.05, 0) is 14.0 Å². The molecule has 17 heavy (non-hydrogen) atoms. The van der Waals surface area contributed by atoms with Gasteiger partial charge in [-0.25, -0.2) is 0 Å². The van der Waals surface area contributed by atoms with Crippen molar-refractivity contribution in [3.05, 3.63) is 24.3 Å². The van der Waals surface area contributed by atoms with E-state index in [0.29, 0.717) is 0 Å². The van der Waals surface area contributed by atoms with Crippen molar-refractivity contribution in [3.63, 3.8) is 0 Å². The summed E-state index contributed by atoms with van der Waals surface area (Å²) in [4.78, 5) is 10.6. The molecule has 0 radical (unpaired) electrons. The molecule has 1 fully saturated rings. The number of hydrogen-bond acceptors (Lipinski definition) is 5. The molecule has 0 bridgehead atoms. The van der Waals surface area contributed by atoms with Crippen molar-refractivity contribution in [1.29, 1.82) is 0 Å². The molecule has 2 unspecified atom stereocenters. The Balaban J connectivity index is 1.78. The van der Waals surface area contributed by atoms with Crippen LogP contribution < -0.4 is 5.32 Å². The number of nitrogens with one attached hydrogen (secondary N) is 1. The Morgan fingerprint density at radius 3 is 3.18 bits per heavy atom. The first kappa shape index (κ1) is 12.4. The van der Waals surface area contributed by atoms with E-state index >= 15 is 0 Å². The number of ether oxygens (including phenoxy) is 1. The summed E-state index contributed by atoms with van der Waals surface area (Å²) in [6, 6.07) is 0.208. The summed E-state index contributed by atoms with van der Waals surface area (Å²) in [5, 5.41) is 3.44. The molecule has 94 valence electrons. The van der Waals surface area contributed by atoms with Gasteiger partial charge in [-0.1, -0.05) is 0 Å². The van der Waals surface area contributed by atoms with Gasteiger partial charge in [0, 0.05) is 44.3 Å². The van der Waals surface area contributed by atoms with Crippen molar-refractivity contribution >= 4 is 0 Å². The van der Waals surface area contributed by atoms with E-state index in [0.717, 1.165) is 31.9 Å². The predicted octanol–water partition coefficient (Wildman–Crippen LogP) is 0.458. The number of aromatic nitrogens is 2. The highest BCUT2D eigenvalue weighted by Gasteiger charge is 2.18. The molecule has 1 aliphatic heterocycles. The van der Waals surface area contributed by atoms with E-state index in [9.17, 15) is 0 Å². The van der Waals surface area contributed by atoms with Crippen molar-refractivity contribution < 1.29 is 4.74 Å². The van der Waals surface area contributed by atoms with E-state index in [2.05, 4.69) is 34.2 Å². The van der Waals surface area contributed by atoms with E-state index < -0.39 is 0 Å². The minimum absolute atomic E-state index is 0.208. The second-order valence-electron chi connectivity index (χ2n) is 4.52. The zero-order valence-electron chi connectivity index (χ0n) is 10.5. The van der Waals surface area contributed by atoms with Crippen molar-refractivity contribution in [1.82, 2.24) is 20.2 Å². The maximum Gasteiger partial charge on any atom is 0.0826 e. The van der Waals surface area contributed by atoms with Crippen LogP contribution in [-0.2, 0) is 4.74 Å². The van der Waals surface area contributed by atoms with Gasteiger partial charge in [-0.2, -0.15) is 0 Å². The van der Waals surface area contributed by atoms with Gasteiger partial charge >= 0.3 is 0 Å². The van der Waals surface area contributed by atoms with E-state index in [1.807, 2.05) is 0 Å². The Bertz CT molecular complexity index is 333. The van der Waals surface area contributed by atoms with Gasteiger partial charge in [-0.3, -0.25) is 9.97 Å². The molecule has 2 rings (SSSR count). The lowest BCUT2D eigenvalue weighted by molar-refractivity contribution is -0.0191. The van der Waals surface area contributed by atoms with Crippen LogP contribution in [-0.4, -0.2) is 54.3 Å². The van der Waals surface area contributed by atoms with Gasteiger partial charge in [0.15, 0.2) is 0 Å². The predicted molar refractivity (Wildman–Crippen MR) is 65.7 cm³/mol. The van der Waals surface area contributed by atoms with Crippen LogP contribution in [0.5, 0.6) is 0 Å². The fourth-order valence-electron chi connectivity index (χ4n) is 1.94. The molecular weight excluding hydrogens is 216 g/mol. The fraction of sp³-hybridized carbons (Fsp3) is 0.667. The average Bonchev–Trinajstić information content (AvgIpc) is 2.37. The Morgan fingerprint density at radius 2 is 2.47 bits per heavy atom. The van der Waals surface area contributed by atoms with Crippen molar-refractivity contribution in [2.45, 2.75) is 19.1 Å². The van der Waals surface area contributed by atoms with Gasteiger partial charge in [0.2, 0.25) is 0 Å². The summed E-state index contributed by atoms with van der Waals surface area (Å²) in [6.07, 6.45) is 5.48. The van der Waals surface area contributed by atoms with Crippen LogP contribution in [0.1, 0.15) is 18.7 Å². The first-order chi connectivity index (χ1) is 8.25. The molecule has 1 aromatic heterocycles. The second kappa shape index (κ2) is 6.05. The molecule has 1 aliphatic rings. The van der Waals surface area contributed by atoms with Crippen LogP contribution >= 0.6 is 0 Å². The third-order valence-corrected chi connectivity index (χ3v) is 3.02. The molecule has 0 amide bonds. The molecule has 0 aliphatic carbocycles. The first-order valence-corrected chi connectivity index (χ1v) is 6.05. The molecule has 0 spiro atoms. The molecule has 1 saturated heterocycles. The third kappa shape index (κ3) is 3.73. The Hall–Kier alpha value is -1.04. The van der Waals surface area contributed by atoms with Crippen LogP contribution in [0.25, 0.3) is 0 Å². The standard InChI is InChI=1S/C12H20N4O/c1-10(12-8-13-3-4-14-12)15-7-11-9-16(2)5-6-17-11/h3-4,8,10-11,15H,5-7,9H2,1-2H3. The van der Waals surface area contributed by atoms with Crippen LogP contribution in [0.3, 0.4) is 0 Å². The zero-order chi connectivity index (χ0) is 12.1. The number of rotatable bonds is 4.